The summed E-state index contributed by atoms with van der Waals surface area (Å²) in [4.78, 5) is 0. The van der Waals surface area contributed by atoms with Gasteiger partial charge in [0.1, 0.15) is 73.6 Å². The molecule has 0 aliphatic rings. The number of nitrogens with zero attached hydrogens (tertiary/aromatic N) is 4. The molecular weight excluding hydrogens is 893 g/mol. The molecular formula is C55H92N4O11+4. The molecule has 0 aromatic heterocycles. The number of likely N-dealkylation sites (N-methyl/N-ethyl adjacent to an activating group) is 4. The molecule has 0 aliphatic carbocycles. The molecule has 0 fully saturated rings. The topological polar surface area (TPSA) is 179 Å². The normalized spacial score (nSPS) is 14.5. The second kappa shape index (κ2) is 30.1. The Bertz CT molecular complexity index is 1750. The molecule has 0 bridgehead atoms. The Morgan fingerprint density at radius 1 is 0.386 bits per heavy atom. The number of benzene rings is 3. The first-order valence-corrected chi connectivity index (χ1v) is 25.1. The number of ether oxygens (including phenoxy) is 4. The predicted molar refractivity (Wildman–Crippen MR) is 281 cm³/mol. The Balaban J connectivity index is 1.75. The van der Waals surface area contributed by atoms with E-state index in [0.29, 0.717) is 87.8 Å². The van der Waals surface area contributed by atoms with Gasteiger partial charge in [0.2, 0.25) is 0 Å². The standard InChI is InChI=1S/C55H92N4O11/c1-10-48(63)37-56(2,3)23-11-27-67-52-31-46(32-53(35-52)68-28-12-24-57(4,5)38-49(64)41-60)21-19-44-15-17-45(18-16-44)20-22-47-33-54(69-29-13-25-58(6,7)39-50(65)42-61)36-55(34-47)70-30-14-26-59(8,9)40-51(66)43-62/h15-22,31-36,48-51,60-66H,10-14,23-30,37-43H2,1-9H3/q+4/b21-19+,22-20+. The van der Waals surface area contributed by atoms with Crippen molar-refractivity contribution < 1.29 is 72.6 Å². The Labute approximate surface area is 420 Å². The fraction of sp³-hybridized carbons (Fsp3) is 0.600. The van der Waals surface area contributed by atoms with Crippen molar-refractivity contribution in [3.8, 4) is 23.0 Å². The van der Waals surface area contributed by atoms with Crippen molar-refractivity contribution in [1.29, 1.82) is 0 Å². The van der Waals surface area contributed by atoms with Crippen LogP contribution in [0.5, 0.6) is 23.0 Å². The van der Waals surface area contributed by atoms with E-state index in [9.17, 15) is 35.7 Å². The smallest absolute Gasteiger partial charge is 0.126 e. The molecule has 4 unspecified atom stereocenters. The van der Waals surface area contributed by atoms with Crippen LogP contribution in [0.3, 0.4) is 0 Å². The quantitative estimate of drug-likeness (QED) is 0.0252. The van der Waals surface area contributed by atoms with Crippen molar-refractivity contribution >= 4 is 24.3 Å². The van der Waals surface area contributed by atoms with E-state index in [2.05, 4.69) is 56.6 Å². The fourth-order valence-corrected chi connectivity index (χ4v) is 8.50. The van der Waals surface area contributed by atoms with Crippen molar-refractivity contribution in [1.82, 2.24) is 0 Å². The number of aliphatic hydroxyl groups excluding tert-OH is 7. The van der Waals surface area contributed by atoms with Gasteiger partial charge in [0.25, 0.3) is 0 Å². The van der Waals surface area contributed by atoms with Gasteiger partial charge in [-0.15, -0.1) is 0 Å². The van der Waals surface area contributed by atoms with Gasteiger partial charge in [-0.3, -0.25) is 0 Å². The van der Waals surface area contributed by atoms with Gasteiger partial charge >= 0.3 is 0 Å². The van der Waals surface area contributed by atoms with E-state index < -0.39 is 18.3 Å². The largest absolute Gasteiger partial charge is 0.493 e. The first kappa shape index (κ1) is 60.2. The monoisotopic (exact) mass is 985 g/mol. The van der Waals surface area contributed by atoms with E-state index >= 15 is 0 Å². The maximum atomic E-state index is 10.2. The maximum absolute atomic E-state index is 10.2. The van der Waals surface area contributed by atoms with Gasteiger partial charge in [-0.25, -0.2) is 0 Å². The molecule has 3 rings (SSSR count). The van der Waals surface area contributed by atoms with E-state index in [1.165, 1.54) is 0 Å². The minimum Gasteiger partial charge on any atom is -0.493 e. The Hall–Kier alpha value is -4.10. The number of hydrogen-bond acceptors (Lipinski definition) is 11. The Morgan fingerprint density at radius 3 is 0.871 bits per heavy atom. The molecule has 4 atom stereocenters. The van der Waals surface area contributed by atoms with Crippen molar-refractivity contribution in [3.63, 3.8) is 0 Å². The minimum absolute atomic E-state index is 0.256. The van der Waals surface area contributed by atoms with Crippen LogP contribution in [0.2, 0.25) is 0 Å². The molecule has 15 nitrogen and oxygen atoms in total. The lowest BCUT2D eigenvalue weighted by molar-refractivity contribution is -0.893. The number of quaternary nitrogens is 4. The summed E-state index contributed by atoms with van der Waals surface area (Å²) in [6.45, 7) is 8.45. The zero-order chi connectivity index (χ0) is 51.8. The van der Waals surface area contributed by atoms with E-state index in [-0.39, 0.29) is 25.9 Å². The second-order valence-corrected chi connectivity index (χ2v) is 21.6. The minimum atomic E-state index is -0.763. The molecule has 7 N–H and O–H groups in total. The molecule has 0 amide bonds. The zero-order valence-corrected chi connectivity index (χ0v) is 44.1. The molecule has 0 saturated heterocycles. The van der Waals surface area contributed by atoms with Crippen LogP contribution < -0.4 is 18.9 Å². The fourth-order valence-electron chi connectivity index (χ4n) is 8.50. The van der Waals surface area contributed by atoms with E-state index in [0.717, 1.165) is 86.3 Å². The summed E-state index contributed by atoms with van der Waals surface area (Å²) in [6.07, 6.45) is 9.45. The first-order chi connectivity index (χ1) is 33.0. The maximum Gasteiger partial charge on any atom is 0.126 e. The molecule has 0 aliphatic heterocycles. The van der Waals surface area contributed by atoms with Crippen LogP contribution in [0.15, 0.2) is 60.7 Å². The summed E-state index contributed by atoms with van der Waals surface area (Å²) in [6, 6.07) is 20.1. The van der Waals surface area contributed by atoms with Gasteiger partial charge in [-0.1, -0.05) is 55.5 Å². The van der Waals surface area contributed by atoms with Crippen LogP contribution in [0.4, 0.5) is 0 Å². The summed E-state index contributed by atoms with van der Waals surface area (Å²) < 4.78 is 27.4. The van der Waals surface area contributed by atoms with Crippen molar-refractivity contribution in [2.75, 3.05) is 155 Å². The number of hydrogen-bond donors (Lipinski definition) is 7. The molecule has 15 heteroatoms. The van der Waals surface area contributed by atoms with Crippen LogP contribution in [0.25, 0.3) is 24.3 Å². The molecule has 0 spiro atoms. The molecule has 3 aromatic carbocycles. The summed E-state index contributed by atoms with van der Waals surface area (Å²) in [5.74, 6) is 2.80. The van der Waals surface area contributed by atoms with Gasteiger partial charge in [0, 0.05) is 37.8 Å². The van der Waals surface area contributed by atoms with Gasteiger partial charge in [-0.2, -0.15) is 0 Å². The summed E-state index contributed by atoms with van der Waals surface area (Å²) in [5, 5.41) is 68.1. The lowest BCUT2D eigenvalue weighted by atomic mass is 10.1. The number of aliphatic hydroxyl groups is 7. The van der Waals surface area contributed by atoms with Crippen LogP contribution in [0, 0.1) is 0 Å². The third-order valence-corrected chi connectivity index (χ3v) is 12.3. The molecule has 394 valence electrons. The highest BCUT2D eigenvalue weighted by molar-refractivity contribution is 5.74. The molecule has 0 saturated carbocycles. The highest BCUT2D eigenvalue weighted by Crippen LogP contribution is 2.27. The lowest BCUT2D eigenvalue weighted by Crippen LogP contribution is -2.47. The summed E-state index contributed by atoms with van der Waals surface area (Å²) in [7, 11) is 16.4. The average molecular weight is 985 g/mol. The second-order valence-electron chi connectivity index (χ2n) is 21.6. The highest BCUT2D eigenvalue weighted by atomic mass is 16.5. The third kappa shape index (κ3) is 25.3. The van der Waals surface area contributed by atoms with Crippen LogP contribution in [0.1, 0.15) is 61.3 Å². The van der Waals surface area contributed by atoms with E-state index in [4.69, 9.17) is 18.9 Å². The summed E-state index contributed by atoms with van der Waals surface area (Å²) in [5.41, 5.74) is 3.90. The van der Waals surface area contributed by atoms with Crippen LogP contribution >= 0.6 is 0 Å². The molecule has 0 heterocycles. The van der Waals surface area contributed by atoms with Gasteiger partial charge in [-0.05, 0) is 52.9 Å². The third-order valence-electron chi connectivity index (χ3n) is 12.3. The first-order valence-electron chi connectivity index (χ1n) is 25.1. The van der Waals surface area contributed by atoms with E-state index in [1.807, 2.05) is 91.7 Å². The Kier molecular flexibility index (Phi) is 25.8. The van der Waals surface area contributed by atoms with Gasteiger partial charge < -0.3 is 72.6 Å². The molecule has 3 aromatic rings. The number of rotatable bonds is 36. The predicted octanol–water partition coefficient (Wildman–Crippen LogP) is 4.24. The average Bonchev–Trinajstić information content (AvgIpc) is 3.30. The van der Waals surface area contributed by atoms with Crippen LogP contribution in [-0.2, 0) is 0 Å². The molecule has 70 heavy (non-hydrogen) atoms. The van der Waals surface area contributed by atoms with Crippen molar-refractivity contribution in [2.24, 2.45) is 0 Å². The Morgan fingerprint density at radius 2 is 0.629 bits per heavy atom. The van der Waals surface area contributed by atoms with E-state index in [1.54, 1.807) is 0 Å². The SMILES string of the molecule is CCC(O)C[N+](C)(C)CCCOc1cc(/C=C/c2ccc(/C=C/c3cc(OCCC[N+](C)(C)CC(O)CO)cc(OCCC[N+](C)(C)CC(O)CO)c3)cc2)cc(OCCC[N+](C)(C)CC(O)CO)c1. The van der Waals surface area contributed by atoms with Gasteiger partial charge in [0.15, 0.2) is 0 Å². The lowest BCUT2D eigenvalue weighted by Gasteiger charge is -2.31. The zero-order valence-electron chi connectivity index (χ0n) is 44.1. The van der Waals surface area contributed by atoms with Gasteiger partial charge in [0.05, 0.1) is 129 Å². The van der Waals surface area contributed by atoms with Crippen molar-refractivity contribution in [3.05, 3.63) is 82.9 Å². The van der Waals surface area contributed by atoms with Crippen molar-refractivity contribution in [2.45, 2.75) is 63.4 Å². The highest BCUT2D eigenvalue weighted by Gasteiger charge is 2.23. The summed E-state index contributed by atoms with van der Waals surface area (Å²) >= 11 is 0. The molecule has 0 radical (unpaired) electrons. The van der Waals surface area contributed by atoms with Crippen LogP contribution in [-0.4, -0.2) is 233 Å².